The van der Waals surface area contributed by atoms with Crippen molar-refractivity contribution >= 4 is 11.6 Å². The van der Waals surface area contributed by atoms with Gasteiger partial charge in [0.15, 0.2) is 5.78 Å². The van der Waals surface area contributed by atoms with E-state index in [-0.39, 0.29) is 34.5 Å². The van der Waals surface area contributed by atoms with Crippen LogP contribution in [0.25, 0.3) is 0 Å². The number of nitrogen functional groups attached to an aromatic ring is 1. The third kappa shape index (κ3) is 7.04. The number of nitrogens with zero attached hydrogens (tertiary/aromatic N) is 1. The molecular weight excluding hydrogens is 460 g/mol. The van der Waals surface area contributed by atoms with Crippen LogP contribution < -0.4 is 5.73 Å². The topological polar surface area (TPSA) is 77.5 Å². The Morgan fingerprint density at radius 2 is 1.46 bits per heavy atom. The highest BCUT2D eigenvalue weighted by molar-refractivity contribution is 5.97. The number of ketones is 1. The fourth-order valence-corrected chi connectivity index (χ4v) is 4.41. The average Bonchev–Trinajstić information content (AvgIpc) is 3.05. The van der Waals surface area contributed by atoms with E-state index in [1.807, 2.05) is 103 Å². The molecule has 0 radical (unpaired) electrons. The Balaban J connectivity index is 2.02. The fraction of sp³-hybridized carbons (Fsp3) is 0.469. The molecule has 0 aliphatic heterocycles. The van der Waals surface area contributed by atoms with Crippen LogP contribution in [0.4, 0.5) is 5.82 Å². The largest absolute Gasteiger partial charge is 0.507 e. The van der Waals surface area contributed by atoms with Crippen molar-refractivity contribution in [2.75, 3.05) is 5.73 Å². The molecule has 0 saturated heterocycles. The molecule has 0 aliphatic carbocycles. The van der Waals surface area contributed by atoms with E-state index in [0.717, 1.165) is 27.8 Å². The summed E-state index contributed by atoms with van der Waals surface area (Å²) in [6.45, 7) is 18.9. The summed E-state index contributed by atoms with van der Waals surface area (Å²) < 4.78 is 7.93. The third-order valence-corrected chi connectivity index (χ3v) is 6.56. The minimum absolute atomic E-state index is 0.0488. The molecule has 1 aromatic heterocycles. The number of phenolic OH excluding ortho intramolecular Hbond substituents is 1. The van der Waals surface area contributed by atoms with Gasteiger partial charge in [-0.25, -0.2) is 0 Å². The number of carbonyl (C=O) groups is 1. The first-order valence-electron chi connectivity index (χ1n) is 13.0. The lowest BCUT2D eigenvalue weighted by molar-refractivity contribution is -0.0152. The van der Waals surface area contributed by atoms with E-state index >= 15 is 0 Å². The summed E-state index contributed by atoms with van der Waals surface area (Å²) in [6.07, 6.45) is 2.62. The van der Waals surface area contributed by atoms with Crippen LogP contribution in [0.15, 0.2) is 48.7 Å². The summed E-state index contributed by atoms with van der Waals surface area (Å²) in [5, 5.41) is 11.1. The Hall–Kier alpha value is -3.05. The smallest absolute Gasteiger partial charge is 0.182 e. The molecule has 0 atom stereocenters. The highest BCUT2D eigenvalue weighted by atomic mass is 16.5. The fourth-order valence-electron chi connectivity index (χ4n) is 4.41. The molecule has 0 bridgehead atoms. The average molecular weight is 505 g/mol. The van der Waals surface area contributed by atoms with Crippen LogP contribution in [0.2, 0.25) is 0 Å². The number of anilines is 1. The van der Waals surface area contributed by atoms with Crippen molar-refractivity contribution in [3.8, 4) is 5.75 Å². The molecule has 5 heteroatoms. The Kier molecular flexibility index (Phi) is 7.99. The van der Waals surface area contributed by atoms with Gasteiger partial charge in [0.2, 0.25) is 0 Å². The highest BCUT2D eigenvalue weighted by Gasteiger charge is 2.28. The summed E-state index contributed by atoms with van der Waals surface area (Å²) in [7, 11) is 0. The van der Waals surface area contributed by atoms with Gasteiger partial charge < -0.3 is 20.1 Å². The van der Waals surface area contributed by atoms with Crippen LogP contribution in [-0.2, 0) is 35.1 Å². The van der Waals surface area contributed by atoms with Gasteiger partial charge in [-0.15, -0.1) is 0 Å². The van der Waals surface area contributed by atoms with Crippen molar-refractivity contribution in [3.63, 3.8) is 0 Å². The van der Waals surface area contributed by atoms with Crippen molar-refractivity contribution in [1.82, 2.24) is 4.57 Å². The van der Waals surface area contributed by atoms with Crippen LogP contribution in [0.3, 0.4) is 0 Å². The Morgan fingerprint density at radius 1 is 0.919 bits per heavy atom. The van der Waals surface area contributed by atoms with Crippen LogP contribution in [0, 0.1) is 0 Å². The van der Waals surface area contributed by atoms with Gasteiger partial charge >= 0.3 is 0 Å². The molecule has 3 rings (SSSR count). The first-order chi connectivity index (χ1) is 17.0. The number of hydrogen-bond donors (Lipinski definition) is 2. The number of Topliss-reactive ketones (excluding diaryl/α,β-unsaturated/α-hetero) is 1. The molecule has 0 fully saturated rings. The van der Waals surface area contributed by atoms with Crippen molar-refractivity contribution in [1.29, 1.82) is 0 Å². The lowest BCUT2D eigenvalue weighted by atomic mass is 9.78. The van der Waals surface area contributed by atoms with Gasteiger partial charge in [0.1, 0.15) is 11.6 Å². The lowest BCUT2D eigenvalue weighted by Crippen LogP contribution is -2.20. The maximum Gasteiger partial charge on any atom is 0.182 e. The minimum atomic E-state index is -0.312. The summed E-state index contributed by atoms with van der Waals surface area (Å²) >= 11 is 0. The van der Waals surface area contributed by atoms with E-state index in [0.29, 0.717) is 24.4 Å². The lowest BCUT2D eigenvalue weighted by Gasteiger charge is -2.28. The highest BCUT2D eigenvalue weighted by Crippen LogP contribution is 2.40. The first kappa shape index (κ1) is 28.5. The van der Waals surface area contributed by atoms with E-state index in [2.05, 4.69) is 12.1 Å². The number of hydrogen-bond acceptors (Lipinski definition) is 4. The number of phenols is 1. The number of aromatic nitrogens is 1. The molecule has 1 heterocycles. The summed E-state index contributed by atoms with van der Waals surface area (Å²) in [4.78, 5) is 13.6. The van der Waals surface area contributed by atoms with Crippen molar-refractivity contribution in [3.05, 3.63) is 82.0 Å². The zero-order chi connectivity index (χ0) is 27.8. The van der Waals surface area contributed by atoms with Gasteiger partial charge in [-0.1, -0.05) is 71.9 Å². The second kappa shape index (κ2) is 10.4. The van der Waals surface area contributed by atoms with Gasteiger partial charge in [-0.3, -0.25) is 4.79 Å². The minimum Gasteiger partial charge on any atom is -0.507 e. The SMILES string of the molecule is CC(C)(C)OCc1cn(CC(=O)c2cc(C(C)(C)C)c(O)c(C(C)(C)C)c2)c(N)c1Cc1ccccc1. The van der Waals surface area contributed by atoms with Crippen LogP contribution >= 0.6 is 0 Å². The third-order valence-electron chi connectivity index (χ3n) is 6.56. The summed E-state index contributed by atoms with van der Waals surface area (Å²) in [5.74, 6) is 0.798. The quantitative estimate of drug-likeness (QED) is 0.335. The number of rotatable bonds is 7. The maximum absolute atomic E-state index is 13.6. The van der Waals surface area contributed by atoms with Crippen LogP contribution in [0.5, 0.6) is 5.75 Å². The van der Waals surface area contributed by atoms with Crippen LogP contribution in [0.1, 0.15) is 100 Å². The van der Waals surface area contributed by atoms with Gasteiger partial charge in [0, 0.05) is 40.4 Å². The Morgan fingerprint density at radius 3 is 1.95 bits per heavy atom. The number of nitrogens with two attached hydrogens (primary N) is 1. The molecule has 0 aliphatic rings. The molecule has 37 heavy (non-hydrogen) atoms. The first-order valence-corrected chi connectivity index (χ1v) is 13.0. The second-order valence-corrected chi connectivity index (χ2v) is 13.1. The Bertz CT molecular complexity index is 1220. The Labute approximate surface area is 222 Å². The molecular formula is C32H44N2O3. The van der Waals surface area contributed by atoms with E-state index < -0.39 is 0 Å². The molecule has 2 aromatic carbocycles. The number of ether oxygens (including phenoxy) is 1. The van der Waals surface area contributed by atoms with Gasteiger partial charge in [-0.05, 0) is 49.3 Å². The molecule has 3 N–H and O–H groups in total. The van der Waals surface area contributed by atoms with E-state index in [4.69, 9.17) is 10.5 Å². The van der Waals surface area contributed by atoms with Crippen molar-refractivity contribution in [2.45, 2.75) is 98.3 Å². The van der Waals surface area contributed by atoms with Crippen LogP contribution in [-0.4, -0.2) is 21.1 Å². The van der Waals surface area contributed by atoms with Crippen molar-refractivity contribution < 1.29 is 14.6 Å². The van der Waals surface area contributed by atoms with Gasteiger partial charge in [0.25, 0.3) is 0 Å². The van der Waals surface area contributed by atoms with Crippen molar-refractivity contribution in [2.24, 2.45) is 0 Å². The molecule has 3 aromatic rings. The molecule has 0 saturated carbocycles. The second-order valence-electron chi connectivity index (χ2n) is 13.1. The number of aromatic hydroxyl groups is 1. The summed E-state index contributed by atoms with van der Waals surface area (Å²) in [5.41, 5.74) is 11.0. The number of carbonyl (C=O) groups excluding carboxylic acids is 1. The predicted molar refractivity (Wildman–Crippen MR) is 152 cm³/mol. The normalized spacial score (nSPS) is 12.7. The molecule has 0 unspecified atom stereocenters. The summed E-state index contributed by atoms with van der Waals surface area (Å²) in [6, 6.07) is 13.9. The van der Waals surface area contributed by atoms with Gasteiger partial charge in [-0.2, -0.15) is 0 Å². The standard InChI is InChI=1S/C32H44N2O3/c1-30(2,3)25-16-22(17-26(28(25)36)31(4,5)6)27(35)19-34-18-23(20-37-32(7,8)9)24(29(34)33)15-21-13-11-10-12-14-21/h10-14,16-18,36H,15,19-20,33H2,1-9H3. The molecule has 5 nitrogen and oxygen atoms in total. The van der Waals surface area contributed by atoms with E-state index in [9.17, 15) is 9.90 Å². The molecule has 0 spiro atoms. The van der Waals surface area contributed by atoms with E-state index in [1.165, 1.54) is 0 Å². The predicted octanol–water partition coefficient (Wildman–Crippen LogP) is 7.16. The van der Waals surface area contributed by atoms with Gasteiger partial charge in [0.05, 0.1) is 18.8 Å². The monoisotopic (exact) mass is 504 g/mol. The van der Waals surface area contributed by atoms with E-state index in [1.54, 1.807) is 0 Å². The number of benzene rings is 2. The zero-order valence-electron chi connectivity index (χ0n) is 24.0. The molecule has 200 valence electrons. The molecule has 0 amide bonds. The zero-order valence-corrected chi connectivity index (χ0v) is 24.0. The maximum atomic E-state index is 13.6.